The number of amides is 2. The zero-order chi connectivity index (χ0) is 10.8. The number of carbonyl (C=O) groups excluding carboxylic acids is 1. The first-order valence-electron chi connectivity index (χ1n) is 5.02. The molecular weight excluding hydrogens is 192 g/mol. The van der Waals surface area contributed by atoms with Gasteiger partial charge in [-0.2, -0.15) is 0 Å². The molecule has 15 heavy (non-hydrogen) atoms. The summed E-state index contributed by atoms with van der Waals surface area (Å²) in [6.45, 7) is 1.88. The number of anilines is 1. The van der Waals surface area contributed by atoms with Crippen LogP contribution < -0.4 is 10.6 Å². The van der Waals surface area contributed by atoms with Gasteiger partial charge in [-0.05, 0) is 37.5 Å². The SMILES string of the molecule is Cc1ccc(NC(=O)NC2CC2)c(O)c1. The Hall–Kier alpha value is -1.71. The quantitative estimate of drug-likeness (QED) is 0.648. The average Bonchev–Trinajstić information content (AvgIpc) is 2.94. The number of carbonyl (C=O) groups is 1. The van der Waals surface area contributed by atoms with Crippen molar-refractivity contribution < 1.29 is 9.90 Å². The molecule has 1 aliphatic carbocycles. The van der Waals surface area contributed by atoms with Gasteiger partial charge in [0.05, 0.1) is 5.69 Å². The number of phenols is 1. The van der Waals surface area contributed by atoms with E-state index in [0.717, 1.165) is 18.4 Å². The molecular formula is C11H14N2O2. The molecule has 1 fully saturated rings. The van der Waals surface area contributed by atoms with Crippen molar-refractivity contribution in [2.45, 2.75) is 25.8 Å². The number of rotatable bonds is 2. The molecule has 1 aliphatic rings. The Balaban J connectivity index is 1.99. The fraction of sp³-hybridized carbons (Fsp3) is 0.364. The zero-order valence-corrected chi connectivity index (χ0v) is 8.58. The van der Waals surface area contributed by atoms with Crippen LogP contribution in [0.15, 0.2) is 18.2 Å². The van der Waals surface area contributed by atoms with Gasteiger partial charge in [-0.15, -0.1) is 0 Å². The normalized spacial score (nSPS) is 14.7. The van der Waals surface area contributed by atoms with Gasteiger partial charge in [-0.1, -0.05) is 6.07 Å². The Bertz CT molecular complexity index is 386. The maximum Gasteiger partial charge on any atom is 0.319 e. The van der Waals surface area contributed by atoms with Gasteiger partial charge in [0.25, 0.3) is 0 Å². The van der Waals surface area contributed by atoms with E-state index in [0.29, 0.717) is 11.7 Å². The second-order valence-electron chi connectivity index (χ2n) is 3.89. The fourth-order valence-electron chi connectivity index (χ4n) is 1.32. The van der Waals surface area contributed by atoms with Gasteiger partial charge in [0.15, 0.2) is 0 Å². The first-order valence-corrected chi connectivity index (χ1v) is 5.02. The summed E-state index contributed by atoms with van der Waals surface area (Å²) >= 11 is 0. The largest absolute Gasteiger partial charge is 0.506 e. The number of aryl methyl sites for hydroxylation is 1. The second-order valence-corrected chi connectivity index (χ2v) is 3.89. The molecule has 1 aromatic carbocycles. The summed E-state index contributed by atoms with van der Waals surface area (Å²) in [6, 6.07) is 5.21. The molecule has 4 nitrogen and oxygen atoms in total. The van der Waals surface area contributed by atoms with Gasteiger partial charge in [0.2, 0.25) is 0 Å². The summed E-state index contributed by atoms with van der Waals surface area (Å²) in [6.07, 6.45) is 2.10. The Morgan fingerprint density at radius 2 is 2.20 bits per heavy atom. The third kappa shape index (κ3) is 2.62. The first kappa shape index (κ1) is 9.83. The van der Waals surface area contributed by atoms with Crippen molar-refractivity contribution in [1.29, 1.82) is 0 Å². The van der Waals surface area contributed by atoms with Gasteiger partial charge in [-0.3, -0.25) is 0 Å². The molecule has 0 radical (unpaired) electrons. The number of urea groups is 1. The van der Waals surface area contributed by atoms with Crippen molar-refractivity contribution in [2.75, 3.05) is 5.32 Å². The summed E-state index contributed by atoms with van der Waals surface area (Å²) in [5.41, 5.74) is 1.40. The van der Waals surface area contributed by atoms with Gasteiger partial charge in [-0.25, -0.2) is 4.79 Å². The highest BCUT2D eigenvalue weighted by Crippen LogP contribution is 2.24. The molecule has 1 aromatic rings. The fourth-order valence-corrected chi connectivity index (χ4v) is 1.32. The molecule has 0 bridgehead atoms. The first-order chi connectivity index (χ1) is 7.15. The highest BCUT2D eigenvalue weighted by molar-refractivity contribution is 5.91. The predicted octanol–water partition coefficient (Wildman–Crippen LogP) is 1.98. The Kier molecular flexibility index (Phi) is 2.49. The van der Waals surface area contributed by atoms with E-state index < -0.39 is 0 Å². The highest BCUT2D eigenvalue weighted by atomic mass is 16.3. The average molecular weight is 206 g/mol. The summed E-state index contributed by atoms with van der Waals surface area (Å²) in [5, 5.41) is 14.9. The molecule has 3 N–H and O–H groups in total. The number of benzene rings is 1. The summed E-state index contributed by atoms with van der Waals surface area (Å²) in [4.78, 5) is 11.4. The number of phenolic OH excluding ortho intramolecular Hbond substituents is 1. The van der Waals surface area contributed by atoms with Crippen LogP contribution in [0.4, 0.5) is 10.5 Å². The van der Waals surface area contributed by atoms with Crippen LogP contribution in [0.1, 0.15) is 18.4 Å². The van der Waals surface area contributed by atoms with Crippen molar-refractivity contribution in [1.82, 2.24) is 5.32 Å². The minimum atomic E-state index is -0.253. The maximum atomic E-state index is 11.4. The summed E-state index contributed by atoms with van der Waals surface area (Å²) in [7, 11) is 0. The third-order valence-electron chi connectivity index (χ3n) is 2.31. The Labute approximate surface area is 88.3 Å². The second kappa shape index (κ2) is 3.81. The van der Waals surface area contributed by atoms with Crippen molar-refractivity contribution in [3.05, 3.63) is 23.8 Å². The van der Waals surface area contributed by atoms with E-state index in [2.05, 4.69) is 10.6 Å². The van der Waals surface area contributed by atoms with Crippen LogP contribution in [0, 0.1) is 6.92 Å². The minimum absolute atomic E-state index is 0.0981. The maximum absolute atomic E-state index is 11.4. The van der Waals surface area contributed by atoms with E-state index in [9.17, 15) is 9.90 Å². The van der Waals surface area contributed by atoms with Crippen LogP contribution >= 0.6 is 0 Å². The lowest BCUT2D eigenvalue weighted by molar-refractivity contribution is 0.251. The van der Waals surface area contributed by atoms with Crippen LogP contribution in [-0.2, 0) is 0 Å². The molecule has 0 atom stereocenters. The molecule has 2 amide bonds. The van der Waals surface area contributed by atoms with Crippen molar-refractivity contribution in [3.8, 4) is 5.75 Å². The third-order valence-corrected chi connectivity index (χ3v) is 2.31. The van der Waals surface area contributed by atoms with Crippen LogP contribution in [0.3, 0.4) is 0 Å². The number of hydrogen-bond donors (Lipinski definition) is 3. The molecule has 80 valence electrons. The topological polar surface area (TPSA) is 61.4 Å². The molecule has 0 spiro atoms. The van der Waals surface area contributed by atoms with Crippen LogP contribution in [0.2, 0.25) is 0 Å². The van der Waals surface area contributed by atoms with Crippen LogP contribution in [-0.4, -0.2) is 17.2 Å². The predicted molar refractivity (Wildman–Crippen MR) is 58.0 cm³/mol. The lowest BCUT2D eigenvalue weighted by Gasteiger charge is -2.08. The molecule has 1 saturated carbocycles. The number of aromatic hydroxyl groups is 1. The van der Waals surface area contributed by atoms with Crippen molar-refractivity contribution >= 4 is 11.7 Å². The zero-order valence-electron chi connectivity index (χ0n) is 8.58. The Morgan fingerprint density at radius 1 is 1.47 bits per heavy atom. The number of nitrogens with one attached hydrogen (secondary N) is 2. The van der Waals surface area contributed by atoms with E-state index in [4.69, 9.17) is 0 Å². The van der Waals surface area contributed by atoms with Gasteiger partial charge in [0, 0.05) is 6.04 Å². The number of hydrogen-bond acceptors (Lipinski definition) is 2. The summed E-state index contributed by atoms with van der Waals surface area (Å²) < 4.78 is 0. The standard InChI is InChI=1S/C11H14N2O2/c1-7-2-5-9(10(14)6-7)13-11(15)12-8-3-4-8/h2,5-6,8,14H,3-4H2,1H3,(H2,12,13,15). The molecule has 4 heteroatoms. The molecule has 0 unspecified atom stereocenters. The summed E-state index contributed by atoms with van der Waals surface area (Å²) in [5.74, 6) is 0.0981. The van der Waals surface area contributed by atoms with Crippen LogP contribution in [0.25, 0.3) is 0 Å². The Morgan fingerprint density at radius 3 is 2.80 bits per heavy atom. The van der Waals surface area contributed by atoms with Gasteiger partial charge in [0.1, 0.15) is 5.75 Å². The highest BCUT2D eigenvalue weighted by Gasteiger charge is 2.23. The van der Waals surface area contributed by atoms with E-state index in [1.807, 2.05) is 13.0 Å². The lowest BCUT2D eigenvalue weighted by Crippen LogP contribution is -2.30. The smallest absolute Gasteiger partial charge is 0.319 e. The lowest BCUT2D eigenvalue weighted by atomic mass is 10.2. The van der Waals surface area contributed by atoms with E-state index in [-0.39, 0.29) is 11.8 Å². The van der Waals surface area contributed by atoms with E-state index in [1.54, 1.807) is 12.1 Å². The van der Waals surface area contributed by atoms with Crippen molar-refractivity contribution in [3.63, 3.8) is 0 Å². The van der Waals surface area contributed by atoms with Gasteiger partial charge < -0.3 is 15.7 Å². The molecule has 0 heterocycles. The molecule has 0 saturated heterocycles. The van der Waals surface area contributed by atoms with Crippen molar-refractivity contribution in [2.24, 2.45) is 0 Å². The monoisotopic (exact) mass is 206 g/mol. The van der Waals surface area contributed by atoms with E-state index >= 15 is 0 Å². The molecule has 0 aromatic heterocycles. The minimum Gasteiger partial charge on any atom is -0.506 e. The van der Waals surface area contributed by atoms with Gasteiger partial charge >= 0.3 is 6.03 Å². The van der Waals surface area contributed by atoms with Crippen LogP contribution in [0.5, 0.6) is 5.75 Å². The molecule has 0 aliphatic heterocycles. The molecule has 2 rings (SSSR count). The van der Waals surface area contributed by atoms with E-state index in [1.165, 1.54) is 0 Å².